The molecule has 1 aromatic carbocycles. The maximum atomic E-state index is 13.5. The van der Waals surface area contributed by atoms with E-state index in [0.717, 1.165) is 0 Å². The summed E-state index contributed by atoms with van der Waals surface area (Å²) in [4.78, 5) is 11.3. The first-order chi connectivity index (χ1) is 7.02. The highest BCUT2D eigenvalue weighted by atomic mass is 79.9. The van der Waals surface area contributed by atoms with Gasteiger partial charge in [-0.3, -0.25) is 4.79 Å². The Morgan fingerprint density at radius 2 is 2.33 bits per heavy atom. The van der Waals surface area contributed by atoms with Gasteiger partial charge in [-0.25, -0.2) is 4.39 Å². The number of hydrogen-bond acceptors (Lipinski definition) is 4. The molecule has 15 heavy (non-hydrogen) atoms. The molecular formula is C9H9BrFNO3. The Balaban J connectivity index is 3.47. The van der Waals surface area contributed by atoms with E-state index in [9.17, 15) is 14.3 Å². The molecule has 4 nitrogen and oxygen atoms in total. The molecule has 0 aliphatic heterocycles. The lowest BCUT2D eigenvalue weighted by Crippen LogP contribution is -2.15. The molecule has 6 heteroatoms. The van der Waals surface area contributed by atoms with Crippen molar-refractivity contribution < 1.29 is 19.0 Å². The van der Waals surface area contributed by atoms with Crippen LogP contribution in [0.4, 0.5) is 4.39 Å². The number of methoxy groups -OCH3 is 1. The van der Waals surface area contributed by atoms with Crippen LogP contribution < -0.4 is 10.5 Å². The van der Waals surface area contributed by atoms with E-state index in [4.69, 9.17) is 10.5 Å². The number of phenols is 1. The first kappa shape index (κ1) is 11.9. The zero-order valence-electron chi connectivity index (χ0n) is 7.88. The number of carbonyl (C=O) groups excluding carboxylic acids is 1. The second kappa shape index (κ2) is 4.59. The van der Waals surface area contributed by atoms with Crippen molar-refractivity contribution >= 4 is 21.7 Å². The summed E-state index contributed by atoms with van der Waals surface area (Å²) < 4.78 is 18.3. The van der Waals surface area contributed by atoms with Crippen LogP contribution >= 0.6 is 15.9 Å². The van der Waals surface area contributed by atoms with Gasteiger partial charge >= 0.3 is 0 Å². The van der Waals surface area contributed by atoms with Gasteiger partial charge in [0, 0.05) is 6.07 Å². The van der Waals surface area contributed by atoms with Gasteiger partial charge in [-0.05, 0) is 15.9 Å². The number of carbonyl (C=O) groups is 1. The quantitative estimate of drug-likeness (QED) is 0.821. The van der Waals surface area contributed by atoms with Crippen LogP contribution in [0.3, 0.4) is 0 Å². The maximum Gasteiger partial charge on any atom is 0.183 e. The SMILES string of the molecule is COc1cc(Br)c(F)c(C(=O)CN)c1O. The Morgan fingerprint density at radius 1 is 1.73 bits per heavy atom. The number of aromatic hydroxyl groups is 1. The van der Waals surface area contributed by atoms with Gasteiger partial charge < -0.3 is 15.6 Å². The third kappa shape index (κ3) is 2.10. The summed E-state index contributed by atoms with van der Waals surface area (Å²) in [5.74, 6) is -2.05. The molecule has 82 valence electrons. The Hall–Kier alpha value is -1.14. The number of benzene rings is 1. The van der Waals surface area contributed by atoms with Crippen LogP contribution in [-0.2, 0) is 0 Å². The van der Waals surface area contributed by atoms with Crippen molar-refractivity contribution in [2.75, 3.05) is 13.7 Å². The van der Waals surface area contributed by atoms with E-state index >= 15 is 0 Å². The van der Waals surface area contributed by atoms with Crippen LogP contribution in [-0.4, -0.2) is 24.5 Å². The van der Waals surface area contributed by atoms with Crippen LogP contribution in [0.2, 0.25) is 0 Å². The average Bonchev–Trinajstić information content (AvgIpc) is 2.23. The smallest absolute Gasteiger partial charge is 0.183 e. The zero-order valence-corrected chi connectivity index (χ0v) is 9.47. The van der Waals surface area contributed by atoms with Crippen molar-refractivity contribution in [2.24, 2.45) is 5.73 Å². The third-order valence-electron chi connectivity index (χ3n) is 1.84. The van der Waals surface area contributed by atoms with Gasteiger partial charge in [0.15, 0.2) is 23.1 Å². The lowest BCUT2D eigenvalue weighted by Gasteiger charge is -2.09. The van der Waals surface area contributed by atoms with Crippen molar-refractivity contribution in [3.8, 4) is 11.5 Å². The molecule has 1 aromatic rings. The van der Waals surface area contributed by atoms with E-state index in [1.807, 2.05) is 0 Å². The zero-order chi connectivity index (χ0) is 11.6. The Bertz CT molecular complexity index is 409. The Kier molecular flexibility index (Phi) is 3.65. The minimum absolute atomic E-state index is 0.0140. The molecule has 0 saturated heterocycles. The summed E-state index contributed by atoms with van der Waals surface area (Å²) >= 11 is 2.91. The van der Waals surface area contributed by atoms with E-state index < -0.39 is 22.9 Å². The number of halogens is 2. The standard InChI is InChI=1S/C9H9BrFNO3/c1-15-6-2-4(10)8(11)7(9(6)14)5(13)3-12/h2,14H,3,12H2,1H3. The van der Waals surface area contributed by atoms with E-state index in [-0.39, 0.29) is 16.8 Å². The predicted octanol–water partition coefficient (Wildman–Crippen LogP) is 1.44. The van der Waals surface area contributed by atoms with Crippen LogP contribution in [0.25, 0.3) is 0 Å². The molecule has 0 heterocycles. The topological polar surface area (TPSA) is 72.5 Å². The molecule has 0 amide bonds. The fourth-order valence-electron chi connectivity index (χ4n) is 1.11. The molecule has 3 N–H and O–H groups in total. The summed E-state index contributed by atoms with van der Waals surface area (Å²) in [5.41, 5.74) is 4.65. The van der Waals surface area contributed by atoms with E-state index in [1.165, 1.54) is 13.2 Å². The number of nitrogens with two attached hydrogens (primary N) is 1. The summed E-state index contributed by atoms with van der Waals surface area (Å²) in [5, 5.41) is 9.53. The van der Waals surface area contributed by atoms with Crippen LogP contribution in [0.5, 0.6) is 11.5 Å². The van der Waals surface area contributed by atoms with Crippen molar-refractivity contribution in [2.45, 2.75) is 0 Å². The van der Waals surface area contributed by atoms with E-state index in [2.05, 4.69) is 15.9 Å². The van der Waals surface area contributed by atoms with Crippen LogP contribution in [0, 0.1) is 5.82 Å². The monoisotopic (exact) mass is 277 g/mol. The highest BCUT2D eigenvalue weighted by Crippen LogP contribution is 2.36. The molecule has 0 spiro atoms. The Morgan fingerprint density at radius 3 is 2.80 bits per heavy atom. The normalized spacial score (nSPS) is 10.1. The first-order valence-corrected chi connectivity index (χ1v) is 4.80. The van der Waals surface area contributed by atoms with Crippen molar-refractivity contribution in [1.82, 2.24) is 0 Å². The predicted molar refractivity (Wildman–Crippen MR) is 55.7 cm³/mol. The minimum atomic E-state index is -0.844. The van der Waals surface area contributed by atoms with E-state index in [0.29, 0.717) is 0 Å². The molecule has 0 saturated carbocycles. The van der Waals surface area contributed by atoms with Gasteiger partial charge in [-0.15, -0.1) is 0 Å². The van der Waals surface area contributed by atoms with Gasteiger partial charge in [0.2, 0.25) is 0 Å². The Labute approximate surface area is 94.0 Å². The van der Waals surface area contributed by atoms with Crippen LogP contribution in [0.15, 0.2) is 10.5 Å². The lowest BCUT2D eigenvalue weighted by atomic mass is 10.1. The number of hydrogen-bond donors (Lipinski definition) is 2. The minimum Gasteiger partial charge on any atom is -0.504 e. The van der Waals surface area contributed by atoms with Crippen molar-refractivity contribution in [1.29, 1.82) is 0 Å². The number of ketones is 1. The summed E-state index contributed by atoms with van der Waals surface area (Å²) in [6, 6.07) is 1.23. The summed E-state index contributed by atoms with van der Waals surface area (Å²) in [6.07, 6.45) is 0. The second-order valence-corrected chi connectivity index (χ2v) is 3.58. The molecule has 0 atom stereocenters. The molecular weight excluding hydrogens is 269 g/mol. The molecule has 0 aliphatic rings. The number of rotatable bonds is 3. The largest absolute Gasteiger partial charge is 0.504 e. The molecule has 1 rings (SSSR count). The number of ether oxygens (including phenoxy) is 1. The van der Waals surface area contributed by atoms with Gasteiger partial charge in [0.25, 0.3) is 0 Å². The molecule has 0 bridgehead atoms. The van der Waals surface area contributed by atoms with E-state index in [1.54, 1.807) is 0 Å². The molecule has 0 unspecified atom stereocenters. The summed E-state index contributed by atoms with van der Waals surface area (Å²) in [7, 11) is 1.30. The average molecular weight is 278 g/mol. The molecule has 0 aromatic heterocycles. The highest BCUT2D eigenvalue weighted by Gasteiger charge is 2.22. The fraction of sp³-hybridized carbons (Fsp3) is 0.222. The molecule has 0 fully saturated rings. The van der Waals surface area contributed by atoms with Gasteiger partial charge in [0.1, 0.15) is 5.56 Å². The van der Waals surface area contributed by atoms with Gasteiger partial charge in [-0.1, -0.05) is 0 Å². The molecule has 0 aliphatic carbocycles. The first-order valence-electron chi connectivity index (χ1n) is 4.01. The highest BCUT2D eigenvalue weighted by molar-refractivity contribution is 9.10. The summed E-state index contributed by atoms with van der Waals surface area (Å²) in [6.45, 7) is -0.385. The van der Waals surface area contributed by atoms with Crippen molar-refractivity contribution in [3.05, 3.63) is 21.9 Å². The maximum absolute atomic E-state index is 13.5. The number of phenolic OH excluding ortho intramolecular Hbond substituents is 1. The second-order valence-electron chi connectivity index (χ2n) is 2.73. The fourth-order valence-corrected chi connectivity index (χ4v) is 1.51. The molecule has 0 radical (unpaired) electrons. The van der Waals surface area contributed by atoms with Crippen molar-refractivity contribution in [3.63, 3.8) is 0 Å². The lowest BCUT2D eigenvalue weighted by molar-refractivity contribution is 0.0994. The number of Topliss-reactive ketones (excluding diaryl/α,β-unsaturated/α-hetero) is 1. The van der Waals surface area contributed by atoms with Gasteiger partial charge in [-0.2, -0.15) is 0 Å². The van der Waals surface area contributed by atoms with Crippen LogP contribution in [0.1, 0.15) is 10.4 Å². The van der Waals surface area contributed by atoms with Gasteiger partial charge in [0.05, 0.1) is 18.1 Å². The third-order valence-corrected chi connectivity index (χ3v) is 2.42.